The minimum absolute atomic E-state index is 0.488. The normalized spacial score (nSPS) is 17.8. The monoisotopic (exact) mass is 271 g/mol. The summed E-state index contributed by atoms with van der Waals surface area (Å²) in [6, 6.07) is 8.00. The van der Waals surface area contributed by atoms with E-state index in [1.807, 2.05) is 31.2 Å². The summed E-state index contributed by atoms with van der Waals surface area (Å²) in [5, 5.41) is 0. The topological polar surface area (TPSA) is 53.1 Å². The second kappa shape index (κ2) is 5.19. The molecule has 0 amide bonds. The molecule has 0 fully saturated rings. The average molecular weight is 271 g/mol. The highest BCUT2D eigenvalue weighted by atomic mass is 16.5. The van der Waals surface area contributed by atoms with E-state index >= 15 is 0 Å². The highest BCUT2D eigenvalue weighted by Crippen LogP contribution is 2.34. The van der Waals surface area contributed by atoms with Crippen LogP contribution < -0.4 is 10.5 Å². The Morgan fingerprint density at radius 2 is 2.10 bits per heavy atom. The molecule has 0 aliphatic carbocycles. The average Bonchev–Trinajstić information content (AvgIpc) is 2.79. The molecule has 3 rings (SSSR count). The molecular weight excluding hydrogens is 250 g/mol. The van der Waals surface area contributed by atoms with E-state index in [1.165, 1.54) is 12.8 Å². The van der Waals surface area contributed by atoms with Crippen LogP contribution in [-0.2, 0) is 6.54 Å². The van der Waals surface area contributed by atoms with Crippen molar-refractivity contribution in [3.63, 3.8) is 0 Å². The van der Waals surface area contributed by atoms with Gasteiger partial charge in [0, 0.05) is 18.0 Å². The third kappa shape index (κ3) is 2.15. The number of aromatic nitrogens is 2. The molecule has 4 heteroatoms. The van der Waals surface area contributed by atoms with E-state index in [4.69, 9.17) is 15.5 Å². The minimum atomic E-state index is 0.488. The van der Waals surface area contributed by atoms with E-state index in [0.717, 1.165) is 35.2 Å². The SMILES string of the molecule is CCOc1ccc(-c2nc3n(c2N)CCCC3C)cc1. The highest BCUT2D eigenvalue weighted by molar-refractivity contribution is 5.71. The second-order valence-corrected chi connectivity index (χ2v) is 5.36. The summed E-state index contributed by atoms with van der Waals surface area (Å²) in [7, 11) is 0. The molecule has 106 valence electrons. The third-order valence-electron chi connectivity index (χ3n) is 3.93. The van der Waals surface area contributed by atoms with Gasteiger partial charge in [0.1, 0.15) is 23.1 Å². The number of imidazole rings is 1. The fourth-order valence-corrected chi connectivity index (χ4v) is 2.87. The van der Waals surface area contributed by atoms with Gasteiger partial charge in [0.2, 0.25) is 0 Å². The lowest BCUT2D eigenvalue weighted by atomic mass is 10.0. The predicted octanol–water partition coefficient (Wildman–Crippen LogP) is 3.43. The molecule has 0 bridgehead atoms. The Kier molecular flexibility index (Phi) is 3.38. The number of nitrogens with zero attached hydrogens (tertiary/aromatic N) is 2. The molecule has 2 N–H and O–H groups in total. The molecule has 20 heavy (non-hydrogen) atoms. The van der Waals surface area contributed by atoms with Crippen molar-refractivity contribution in [2.75, 3.05) is 12.3 Å². The van der Waals surface area contributed by atoms with E-state index in [-0.39, 0.29) is 0 Å². The lowest BCUT2D eigenvalue weighted by molar-refractivity contribution is 0.340. The van der Waals surface area contributed by atoms with Crippen molar-refractivity contribution in [1.82, 2.24) is 9.55 Å². The molecule has 1 aromatic heterocycles. The van der Waals surface area contributed by atoms with Gasteiger partial charge in [0.15, 0.2) is 0 Å². The highest BCUT2D eigenvalue weighted by Gasteiger charge is 2.23. The third-order valence-corrected chi connectivity index (χ3v) is 3.93. The molecule has 2 aromatic rings. The van der Waals surface area contributed by atoms with Crippen LogP contribution in [0, 0.1) is 0 Å². The van der Waals surface area contributed by atoms with Crippen molar-refractivity contribution >= 4 is 5.82 Å². The molecule has 2 heterocycles. The quantitative estimate of drug-likeness (QED) is 0.930. The van der Waals surface area contributed by atoms with Crippen LogP contribution in [0.3, 0.4) is 0 Å². The molecule has 1 aliphatic heterocycles. The number of nitrogens with two attached hydrogens (primary N) is 1. The molecule has 0 saturated heterocycles. The summed E-state index contributed by atoms with van der Waals surface area (Å²) >= 11 is 0. The molecular formula is C16H21N3O. The van der Waals surface area contributed by atoms with E-state index in [9.17, 15) is 0 Å². The van der Waals surface area contributed by atoms with Crippen LogP contribution in [0.2, 0.25) is 0 Å². The first-order valence-electron chi connectivity index (χ1n) is 7.29. The number of fused-ring (bicyclic) bond motifs is 1. The summed E-state index contributed by atoms with van der Waals surface area (Å²) in [5.74, 6) is 3.28. The molecule has 4 nitrogen and oxygen atoms in total. The number of anilines is 1. The zero-order chi connectivity index (χ0) is 14.1. The van der Waals surface area contributed by atoms with E-state index in [2.05, 4.69) is 11.5 Å². The fraction of sp³-hybridized carbons (Fsp3) is 0.438. The van der Waals surface area contributed by atoms with E-state index in [0.29, 0.717) is 12.5 Å². The van der Waals surface area contributed by atoms with Crippen LogP contribution in [0.4, 0.5) is 5.82 Å². The minimum Gasteiger partial charge on any atom is -0.494 e. The first kappa shape index (κ1) is 13.0. The molecule has 0 radical (unpaired) electrons. The summed E-state index contributed by atoms with van der Waals surface area (Å²) in [6.07, 6.45) is 2.37. The lowest BCUT2D eigenvalue weighted by Crippen LogP contribution is -2.15. The molecule has 0 saturated carbocycles. The Bertz CT molecular complexity index is 601. The maximum absolute atomic E-state index is 6.28. The summed E-state index contributed by atoms with van der Waals surface area (Å²) in [5.41, 5.74) is 8.24. The van der Waals surface area contributed by atoms with Gasteiger partial charge in [-0.05, 0) is 44.0 Å². The van der Waals surface area contributed by atoms with Crippen LogP contribution >= 0.6 is 0 Å². The molecule has 0 spiro atoms. The van der Waals surface area contributed by atoms with E-state index < -0.39 is 0 Å². The Hall–Kier alpha value is -1.97. The number of rotatable bonds is 3. The van der Waals surface area contributed by atoms with Crippen molar-refractivity contribution in [3.8, 4) is 17.0 Å². The largest absolute Gasteiger partial charge is 0.494 e. The summed E-state index contributed by atoms with van der Waals surface area (Å²) < 4.78 is 7.64. The number of nitrogen functional groups attached to an aromatic ring is 1. The molecule has 1 aliphatic rings. The van der Waals surface area contributed by atoms with Gasteiger partial charge in [-0.3, -0.25) is 0 Å². The predicted molar refractivity (Wildman–Crippen MR) is 80.9 cm³/mol. The Morgan fingerprint density at radius 1 is 1.35 bits per heavy atom. The van der Waals surface area contributed by atoms with Crippen molar-refractivity contribution in [3.05, 3.63) is 30.1 Å². The van der Waals surface area contributed by atoms with Gasteiger partial charge in [-0.15, -0.1) is 0 Å². The number of hydrogen-bond acceptors (Lipinski definition) is 3. The second-order valence-electron chi connectivity index (χ2n) is 5.36. The molecule has 1 atom stereocenters. The van der Waals surface area contributed by atoms with Crippen LogP contribution in [0.1, 0.15) is 38.4 Å². The zero-order valence-electron chi connectivity index (χ0n) is 12.1. The standard InChI is InChI=1S/C16H21N3O/c1-3-20-13-8-6-12(7-9-13)14-15(17)19-10-4-5-11(2)16(19)18-14/h6-9,11H,3-5,10,17H2,1-2H3. The number of ether oxygens (including phenoxy) is 1. The maximum atomic E-state index is 6.28. The van der Waals surface area contributed by atoms with Gasteiger partial charge >= 0.3 is 0 Å². The van der Waals surface area contributed by atoms with Crippen molar-refractivity contribution < 1.29 is 4.74 Å². The van der Waals surface area contributed by atoms with Crippen LogP contribution in [-0.4, -0.2) is 16.2 Å². The number of hydrogen-bond donors (Lipinski definition) is 1. The summed E-state index contributed by atoms with van der Waals surface area (Å²) in [6.45, 7) is 5.86. The van der Waals surface area contributed by atoms with Crippen LogP contribution in [0.25, 0.3) is 11.3 Å². The first-order valence-corrected chi connectivity index (χ1v) is 7.29. The van der Waals surface area contributed by atoms with Gasteiger partial charge in [0.25, 0.3) is 0 Å². The Morgan fingerprint density at radius 3 is 2.75 bits per heavy atom. The van der Waals surface area contributed by atoms with Gasteiger partial charge in [-0.25, -0.2) is 4.98 Å². The Labute approximate surface area is 119 Å². The maximum Gasteiger partial charge on any atom is 0.131 e. The fourth-order valence-electron chi connectivity index (χ4n) is 2.87. The van der Waals surface area contributed by atoms with Crippen molar-refractivity contribution in [1.29, 1.82) is 0 Å². The Balaban J connectivity index is 1.98. The van der Waals surface area contributed by atoms with Gasteiger partial charge < -0.3 is 15.0 Å². The molecule has 1 aromatic carbocycles. The van der Waals surface area contributed by atoms with Gasteiger partial charge in [0.05, 0.1) is 6.61 Å². The van der Waals surface area contributed by atoms with Gasteiger partial charge in [-0.1, -0.05) is 6.92 Å². The van der Waals surface area contributed by atoms with Crippen LogP contribution in [0.15, 0.2) is 24.3 Å². The van der Waals surface area contributed by atoms with Crippen LogP contribution in [0.5, 0.6) is 5.75 Å². The lowest BCUT2D eigenvalue weighted by Gasteiger charge is -2.20. The van der Waals surface area contributed by atoms with Crippen molar-refractivity contribution in [2.45, 2.75) is 39.2 Å². The zero-order valence-corrected chi connectivity index (χ0v) is 12.1. The first-order chi connectivity index (χ1) is 9.70. The molecule has 1 unspecified atom stereocenters. The van der Waals surface area contributed by atoms with E-state index in [1.54, 1.807) is 0 Å². The smallest absolute Gasteiger partial charge is 0.131 e. The van der Waals surface area contributed by atoms with Crippen molar-refractivity contribution in [2.24, 2.45) is 0 Å². The summed E-state index contributed by atoms with van der Waals surface area (Å²) in [4.78, 5) is 4.77. The van der Waals surface area contributed by atoms with Gasteiger partial charge in [-0.2, -0.15) is 0 Å². The number of benzene rings is 1.